The molecule has 1 heterocycles. The van der Waals surface area contributed by atoms with Crippen LogP contribution in [0.2, 0.25) is 0 Å². The van der Waals surface area contributed by atoms with Gasteiger partial charge < -0.3 is 5.32 Å². The van der Waals surface area contributed by atoms with Gasteiger partial charge in [0.1, 0.15) is 0 Å². The van der Waals surface area contributed by atoms with Gasteiger partial charge in [0, 0.05) is 40.3 Å². The molecule has 0 spiro atoms. The predicted octanol–water partition coefficient (Wildman–Crippen LogP) is 5.38. The summed E-state index contributed by atoms with van der Waals surface area (Å²) in [4.78, 5) is 27.0. The summed E-state index contributed by atoms with van der Waals surface area (Å²) in [6.45, 7) is 0. The molecule has 3 nitrogen and oxygen atoms in total. The maximum Gasteiger partial charge on any atom is 0.192 e. The lowest BCUT2D eigenvalue weighted by atomic mass is 9.71. The fraction of sp³-hybridized carbons (Fsp3) is 0.143. The van der Waals surface area contributed by atoms with Crippen molar-refractivity contribution in [2.45, 2.75) is 24.7 Å². The number of carbonyl (C=O) groups excluding carboxylic acids is 2. The lowest BCUT2D eigenvalue weighted by molar-refractivity contribution is -0.116. The van der Waals surface area contributed by atoms with Crippen molar-refractivity contribution in [3.05, 3.63) is 124 Å². The fourth-order valence-electron chi connectivity index (χ4n) is 5.33. The first-order valence-corrected chi connectivity index (χ1v) is 10.7. The third kappa shape index (κ3) is 2.73. The Kier molecular flexibility index (Phi) is 4.03. The molecule has 6 rings (SSSR count). The van der Waals surface area contributed by atoms with Crippen molar-refractivity contribution < 1.29 is 9.59 Å². The first-order chi connectivity index (χ1) is 15.2. The zero-order chi connectivity index (χ0) is 20.9. The highest BCUT2D eigenvalue weighted by atomic mass is 16.1. The molecule has 0 amide bonds. The molecule has 3 aliphatic rings. The van der Waals surface area contributed by atoms with Gasteiger partial charge >= 0.3 is 0 Å². The highest BCUT2D eigenvalue weighted by Gasteiger charge is 2.45. The Morgan fingerprint density at radius 2 is 1.26 bits per heavy atom. The minimum atomic E-state index is -0.323. The zero-order valence-corrected chi connectivity index (χ0v) is 17.0. The molecule has 1 N–H and O–H groups in total. The number of hydrogen-bond acceptors (Lipinski definition) is 3. The van der Waals surface area contributed by atoms with Gasteiger partial charge in [-0.2, -0.15) is 0 Å². The number of rotatable bonds is 2. The molecule has 0 unspecified atom stereocenters. The molecule has 31 heavy (non-hydrogen) atoms. The lowest BCUT2D eigenvalue weighted by Gasteiger charge is -2.36. The molecule has 0 saturated carbocycles. The van der Waals surface area contributed by atoms with Crippen LogP contribution in [0.25, 0.3) is 5.70 Å². The topological polar surface area (TPSA) is 46.2 Å². The van der Waals surface area contributed by atoms with Crippen LogP contribution in [0.3, 0.4) is 0 Å². The van der Waals surface area contributed by atoms with Crippen LogP contribution in [0.1, 0.15) is 51.7 Å². The van der Waals surface area contributed by atoms with Gasteiger partial charge in [-0.15, -0.1) is 0 Å². The number of ketones is 2. The van der Waals surface area contributed by atoms with Crippen molar-refractivity contribution in [3.63, 3.8) is 0 Å². The smallest absolute Gasteiger partial charge is 0.192 e. The van der Waals surface area contributed by atoms with Crippen LogP contribution < -0.4 is 5.32 Å². The van der Waals surface area contributed by atoms with Crippen molar-refractivity contribution in [3.8, 4) is 0 Å². The molecule has 0 fully saturated rings. The molecule has 0 bridgehead atoms. The third-order valence-electron chi connectivity index (χ3n) is 6.72. The molecule has 3 aromatic rings. The van der Waals surface area contributed by atoms with Gasteiger partial charge in [-0.05, 0) is 23.5 Å². The molecule has 3 aromatic carbocycles. The molecule has 3 heteroatoms. The molecule has 0 aromatic heterocycles. The van der Waals surface area contributed by atoms with E-state index in [4.69, 9.17) is 0 Å². The van der Waals surface area contributed by atoms with Gasteiger partial charge in [0.05, 0.1) is 5.70 Å². The summed E-state index contributed by atoms with van der Waals surface area (Å²) in [7, 11) is 0. The Morgan fingerprint density at radius 1 is 0.645 bits per heavy atom. The van der Waals surface area contributed by atoms with E-state index >= 15 is 0 Å². The third-order valence-corrected chi connectivity index (χ3v) is 6.72. The molecule has 1 aliphatic heterocycles. The predicted molar refractivity (Wildman–Crippen MR) is 120 cm³/mol. The zero-order valence-electron chi connectivity index (χ0n) is 17.0. The van der Waals surface area contributed by atoms with Gasteiger partial charge in [0.15, 0.2) is 11.6 Å². The van der Waals surface area contributed by atoms with Crippen LogP contribution in [0.4, 0.5) is 0 Å². The van der Waals surface area contributed by atoms with Crippen molar-refractivity contribution in [1.82, 2.24) is 5.32 Å². The van der Waals surface area contributed by atoms with Crippen molar-refractivity contribution in [2.24, 2.45) is 0 Å². The minimum Gasteiger partial charge on any atom is -0.358 e. The summed E-state index contributed by atoms with van der Waals surface area (Å²) in [6, 6.07) is 28.0. The van der Waals surface area contributed by atoms with E-state index in [0.29, 0.717) is 17.6 Å². The van der Waals surface area contributed by atoms with E-state index in [1.807, 2.05) is 72.8 Å². The molecule has 150 valence electrons. The summed E-state index contributed by atoms with van der Waals surface area (Å²) in [5.41, 5.74) is 7.13. The van der Waals surface area contributed by atoms with E-state index in [1.165, 1.54) is 5.56 Å². The number of allylic oxidation sites excluding steroid dienone is 3. The number of benzene rings is 3. The van der Waals surface area contributed by atoms with E-state index < -0.39 is 0 Å². The number of nitrogens with one attached hydrogen (secondary N) is 1. The average molecular weight is 403 g/mol. The van der Waals surface area contributed by atoms with E-state index in [1.54, 1.807) is 0 Å². The Morgan fingerprint density at radius 3 is 1.97 bits per heavy atom. The molecule has 0 saturated heterocycles. The van der Waals surface area contributed by atoms with Crippen molar-refractivity contribution in [2.75, 3.05) is 0 Å². The number of Topliss-reactive ketones (excluding diaryl/α,β-unsaturated/α-hetero) is 2. The largest absolute Gasteiger partial charge is 0.358 e. The standard InChI is InChI=1S/C28H21NO2/c30-23-16-19(17-9-3-1-4-10-17)15-22-25(23)24(18-11-5-2-6-12-18)26-27(29-22)20-13-7-8-14-21(20)28(26)31/h1-14,19,24,29H,15-16H2/t19-,24-/m0/s1. The Balaban J connectivity index is 1.52. The first kappa shape index (κ1) is 18.1. The molecular weight excluding hydrogens is 382 g/mol. The number of hydrogen-bond donors (Lipinski definition) is 1. The second-order valence-electron chi connectivity index (χ2n) is 8.46. The average Bonchev–Trinajstić information content (AvgIpc) is 3.11. The highest BCUT2D eigenvalue weighted by Crippen LogP contribution is 2.50. The molecule has 0 radical (unpaired) electrons. The Hall–Kier alpha value is -3.72. The maximum absolute atomic E-state index is 13.5. The van der Waals surface area contributed by atoms with Gasteiger partial charge in [-0.25, -0.2) is 0 Å². The van der Waals surface area contributed by atoms with E-state index in [2.05, 4.69) is 17.4 Å². The van der Waals surface area contributed by atoms with Crippen LogP contribution in [0.5, 0.6) is 0 Å². The molecular formula is C28H21NO2. The lowest BCUT2D eigenvalue weighted by Crippen LogP contribution is -2.33. The second kappa shape index (κ2) is 6.92. The summed E-state index contributed by atoms with van der Waals surface area (Å²) in [5, 5.41) is 3.55. The van der Waals surface area contributed by atoms with Crippen molar-refractivity contribution in [1.29, 1.82) is 0 Å². The van der Waals surface area contributed by atoms with Crippen LogP contribution in [-0.2, 0) is 4.79 Å². The van der Waals surface area contributed by atoms with E-state index in [9.17, 15) is 9.59 Å². The monoisotopic (exact) mass is 403 g/mol. The number of dihydropyridines is 1. The summed E-state index contributed by atoms with van der Waals surface area (Å²) in [5.74, 6) is -0.0225. The van der Waals surface area contributed by atoms with Gasteiger partial charge in [-0.1, -0.05) is 84.9 Å². The van der Waals surface area contributed by atoms with Gasteiger partial charge in [0.2, 0.25) is 0 Å². The maximum atomic E-state index is 13.5. The Labute approximate surface area is 181 Å². The summed E-state index contributed by atoms with van der Waals surface area (Å²) in [6.07, 6.45) is 1.24. The Bertz CT molecular complexity index is 1280. The van der Waals surface area contributed by atoms with E-state index in [0.717, 1.165) is 34.5 Å². The first-order valence-electron chi connectivity index (χ1n) is 10.7. The number of fused-ring (bicyclic) bond motifs is 2. The summed E-state index contributed by atoms with van der Waals surface area (Å²) < 4.78 is 0. The van der Waals surface area contributed by atoms with Crippen LogP contribution >= 0.6 is 0 Å². The second-order valence-corrected chi connectivity index (χ2v) is 8.46. The van der Waals surface area contributed by atoms with Crippen molar-refractivity contribution >= 4 is 17.3 Å². The minimum absolute atomic E-state index is 0.0245. The number of carbonyl (C=O) groups is 2. The normalized spacial score (nSPS) is 22.1. The molecule has 2 aliphatic carbocycles. The van der Waals surface area contributed by atoms with Gasteiger partial charge in [0.25, 0.3) is 0 Å². The van der Waals surface area contributed by atoms with Gasteiger partial charge in [-0.3, -0.25) is 9.59 Å². The fourth-order valence-corrected chi connectivity index (χ4v) is 5.33. The molecule has 2 atom stereocenters. The van der Waals surface area contributed by atoms with Crippen LogP contribution in [0, 0.1) is 0 Å². The highest BCUT2D eigenvalue weighted by molar-refractivity contribution is 6.23. The van der Waals surface area contributed by atoms with E-state index in [-0.39, 0.29) is 23.4 Å². The van der Waals surface area contributed by atoms with Crippen LogP contribution in [-0.4, -0.2) is 11.6 Å². The SMILES string of the molecule is O=C1C[C@@H](c2ccccc2)CC2=C1[C@H](c1ccccc1)C1=C(N2)c2ccccc2C1=O. The summed E-state index contributed by atoms with van der Waals surface area (Å²) >= 11 is 0. The quantitative estimate of drug-likeness (QED) is 0.625. The van der Waals surface area contributed by atoms with Crippen LogP contribution in [0.15, 0.2) is 102 Å².